The molecular weight excluding hydrogens is 246 g/mol. The summed E-state index contributed by atoms with van der Waals surface area (Å²) in [6.45, 7) is 7.97. The van der Waals surface area contributed by atoms with Gasteiger partial charge in [0.2, 0.25) is 0 Å². The summed E-state index contributed by atoms with van der Waals surface area (Å²) in [5.74, 6) is 0. The van der Waals surface area contributed by atoms with E-state index in [1.807, 2.05) is 0 Å². The van der Waals surface area contributed by atoms with Gasteiger partial charge in [-0.2, -0.15) is 0 Å². The molecule has 1 aliphatic heterocycles. The Morgan fingerprint density at radius 2 is 1.85 bits per heavy atom. The summed E-state index contributed by atoms with van der Waals surface area (Å²) in [6, 6.07) is 9.43. The van der Waals surface area contributed by atoms with Crippen molar-refractivity contribution in [3.8, 4) is 0 Å². The monoisotopic (exact) mass is 275 g/mol. The van der Waals surface area contributed by atoms with Crippen molar-refractivity contribution in [3.63, 3.8) is 0 Å². The lowest BCUT2D eigenvalue weighted by molar-refractivity contribution is 0.214. The molecule has 1 aromatic rings. The number of nitrogens with zero attached hydrogens (tertiary/aromatic N) is 2. The summed E-state index contributed by atoms with van der Waals surface area (Å²) in [4.78, 5) is 4.87. The fraction of sp³-hybridized carbons (Fsp3) is 0.647. The average molecular weight is 275 g/mol. The number of benzene rings is 1. The third kappa shape index (κ3) is 4.58. The van der Waals surface area contributed by atoms with Crippen LogP contribution < -0.4 is 5.32 Å². The highest BCUT2D eigenvalue weighted by Crippen LogP contribution is 2.16. The average Bonchev–Trinajstić information content (AvgIpc) is 2.45. The minimum atomic E-state index is 0.596. The van der Waals surface area contributed by atoms with Gasteiger partial charge in [0, 0.05) is 32.2 Å². The summed E-state index contributed by atoms with van der Waals surface area (Å²) < 4.78 is 0. The van der Waals surface area contributed by atoms with E-state index in [4.69, 9.17) is 0 Å². The Hall–Kier alpha value is -0.900. The summed E-state index contributed by atoms with van der Waals surface area (Å²) in [7, 11) is 4.30. The first kappa shape index (κ1) is 15.5. The third-order valence-electron chi connectivity index (χ3n) is 4.05. The van der Waals surface area contributed by atoms with Gasteiger partial charge in [-0.1, -0.05) is 31.2 Å². The van der Waals surface area contributed by atoms with E-state index in [9.17, 15) is 0 Å². The number of fused-ring (bicyclic) bond motifs is 1. The summed E-state index contributed by atoms with van der Waals surface area (Å²) in [6.07, 6.45) is 2.40. The Bertz CT molecular complexity index is 403. The Kier molecular flexibility index (Phi) is 6.02. The van der Waals surface area contributed by atoms with E-state index in [-0.39, 0.29) is 0 Å². The second-order valence-corrected chi connectivity index (χ2v) is 6.15. The summed E-state index contributed by atoms with van der Waals surface area (Å²) in [5, 5.41) is 3.70. The molecule has 1 aliphatic rings. The van der Waals surface area contributed by atoms with Gasteiger partial charge in [0.25, 0.3) is 0 Å². The zero-order valence-electron chi connectivity index (χ0n) is 13.2. The van der Waals surface area contributed by atoms with Gasteiger partial charge < -0.3 is 15.1 Å². The first-order valence-corrected chi connectivity index (χ1v) is 7.86. The van der Waals surface area contributed by atoms with Crippen molar-refractivity contribution in [2.75, 3.05) is 40.3 Å². The standard InChI is InChI=1S/C17H29N3/c1-4-9-20(11-10-19(2)3)14-17-12-15-7-5-6-8-16(15)13-18-17/h5-8,17-18H,4,9-14H2,1-3H3. The molecule has 1 N–H and O–H groups in total. The van der Waals surface area contributed by atoms with E-state index in [0.717, 1.165) is 19.6 Å². The van der Waals surface area contributed by atoms with E-state index in [0.29, 0.717) is 6.04 Å². The first-order valence-electron chi connectivity index (χ1n) is 7.86. The largest absolute Gasteiger partial charge is 0.308 e. The quantitative estimate of drug-likeness (QED) is 0.821. The lowest BCUT2D eigenvalue weighted by atomic mass is 9.95. The summed E-state index contributed by atoms with van der Waals surface area (Å²) in [5.41, 5.74) is 3.00. The fourth-order valence-corrected chi connectivity index (χ4v) is 2.91. The molecule has 0 amide bonds. The zero-order valence-corrected chi connectivity index (χ0v) is 13.2. The van der Waals surface area contributed by atoms with Crippen LogP contribution in [-0.4, -0.2) is 56.1 Å². The van der Waals surface area contributed by atoms with Crippen LogP contribution in [0.25, 0.3) is 0 Å². The third-order valence-corrected chi connectivity index (χ3v) is 4.05. The molecule has 1 unspecified atom stereocenters. The van der Waals surface area contributed by atoms with Crippen molar-refractivity contribution in [1.29, 1.82) is 0 Å². The molecule has 1 atom stereocenters. The second-order valence-electron chi connectivity index (χ2n) is 6.15. The molecule has 1 heterocycles. The number of likely N-dealkylation sites (N-methyl/N-ethyl adjacent to an activating group) is 1. The van der Waals surface area contributed by atoms with Gasteiger partial charge in [-0.3, -0.25) is 0 Å². The first-order chi connectivity index (χ1) is 9.69. The zero-order chi connectivity index (χ0) is 14.4. The maximum Gasteiger partial charge on any atom is 0.0238 e. The van der Waals surface area contributed by atoms with Crippen LogP contribution in [0.1, 0.15) is 24.5 Å². The van der Waals surface area contributed by atoms with Gasteiger partial charge in [-0.15, -0.1) is 0 Å². The van der Waals surface area contributed by atoms with E-state index in [1.54, 1.807) is 0 Å². The molecule has 0 spiro atoms. The molecule has 20 heavy (non-hydrogen) atoms. The van der Waals surface area contributed by atoms with Crippen molar-refractivity contribution in [2.24, 2.45) is 0 Å². The lowest BCUT2D eigenvalue weighted by Gasteiger charge is -2.32. The van der Waals surface area contributed by atoms with Crippen LogP contribution in [0.15, 0.2) is 24.3 Å². The maximum atomic E-state index is 3.70. The van der Waals surface area contributed by atoms with Crippen LogP contribution >= 0.6 is 0 Å². The Balaban J connectivity index is 1.88. The minimum Gasteiger partial charge on any atom is -0.308 e. The lowest BCUT2D eigenvalue weighted by Crippen LogP contribution is -2.46. The van der Waals surface area contributed by atoms with Crippen LogP contribution in [0.4, 0.5) is 0 Å². The highest BCUT2D eigenvalue weighted by molar-refractivity contribution is 5.29. The topological polar surface area (TPSA) is 18.5 Å². The molecule has 0 aliphatic carbocycles. The van der Waals surface area contributed by atoms with Crippen molar-refractivity contribution >= 4 is 0 Å². The van der Waals surface area contributed by atoms with E-state index < -0.39 is 0 Å². The van der Waals surface area contributed by atoms with Crippen LogP contribution in [0.2, 0.25) is 0 Å². The Morgan fingerprint density at radius 1 is 1.10 bits per heavy atom. The van der Waals surface area contributed by atoms with E-state index in [2.05, 4.69) is 60.4 Å². The molecule has 2 rings (SSSR count). The fourth-order valence-electron chi connectivity index (χ4n) is 2.91. The molecule has 0 radical (unpaired) electrons. The van der Waals surface area contributed by atoms with Gasteiger partial charge in [-0.05, 0) is 44.6 Å². The SMILES string of the molecule is CCCN(CCN(C)C)CC1Cc2ccccc2CN1. The van der Waals surface area contributed by atoms with Gasteiger partial charge in [0.05, 0.1) is 0 Å². The van der Waals surface area contributed by atoms with Gasteiger partial charge >= 0.3 is 0 Å². The summed E-state index contributed by atoms with van der Waals surface area (Å²) >= 11 is 0. The van der Waals surface area contributed by atoms with Crippen LogP contribution in [0.3, 0.4) is 0 Å². The molecule has 3 heteroatoms. The maximum absolute atomic E-state index is 3.70. The van der Waals surface area contributed by atoms with Crippen molar-refractivity contribution in [3.05, 3.63) is 35.4 Å². The molecule has 0 fully saturated rings. The van der Waals surface area contributed by atoms with Gasteiger partial charge in [-0.25, -0.2) is 0 Å². The predicted molar refractivity (Wildman–Crippen MR) is 86.1 cm³/mol. The van der Waals surface area contributed by atoms with Crippen LogP contribution in [-0.2, 0) is 13.0 Å². The normalized spacial score (nSPS) is 18.6. The molecule has 0 bridgehead atoms. The molecule has 112 valence electrons. The number of rotatable bonds is 7. The minimum absolute atomic E-state index is 0.596. The van der Waals surface area contributed by atoms with Crippen LogP contribution in [0, 0.1) is 0 Å². The van der Waals surface area contributed by atoms with Crippen molar-refractivity contribution in [1.82, 2.24) is 15.1 Å². The molecule has 0 aromatic heterocycles. The molecular formula is C17H29N3. The molecule has 3 nitrogen and oxygen atoms in total. The van der Waals surface area contributed by atoms with Gasteiger partial charge in [0.15, 0.2) is 0 Å². The molecule has 0 saturated heterocycles. The molecule has 0 saturated carbocycles. The number of hydrogen-bond donors (Lipinski definition) is 1. The molecule has 1 aromatic carbocycles. The van der Waals surface area contributed by atoms with E-state index in [1.165, 1.54) is 37.1 Å². The highest BCUT2D eigenvalue weighted by atomic mass is 15.2. The smallest absolute Gasteiger partial charge is 0.0238 e. The second kappa shape index (κ2) is 7.77. The van der Waals surface area contributed by atoms with Crippen molar-refractivity contribution < 1.29 is 0 Å². The van der Waals surface area contributed by atoms with E-state index >= 15 is 0 Å². The number of nitrogens with one attached hydrogen (secondary N) is 1. The van der Waals surface area contributed by atoms with Crippen LogP contribution in [0.5, 0.6) is 0 Å². The predicted octanol–water partition coefficient (Wildman–Crippen LogP) is 1.97. The Morgan fingerprint density at radius 3 is 2.55 bits per heavy atom. The highest BCUT2D eigenvalue weighted by Gasteiger charge is 2.19. The Labute approximate surface area is 124 Å². The van der Waals surface area contributed by atoms with Crippen molar-refractivity contribution in [2.45, 2.75) is 32.4 Å². The van der Waals surface area contributed by atoms with Gasteiger partial charge in [0.1, 0.15) is 0 Å². The number of hydrogen-bond acceptors (Lipinski definition) is 3.